The number of carbonyl (C=O) groups is 2. The average Bonchev–Trinajstić information content (AvgIpc) is 3.10. The van der Waals surface area contributed by atoms with Gasteiger partial charge in [0.25, 0.3) is 0 Å². The topological polar surface area (TPSA) is 78.4 Å². The second-order valence-corrected chi connectivity index (χ2v) is 6.20. The lowest BCUT2D eigenvalue weighted by molar-refractivity contribution is -0.264. The summed E-state index contributed by atoms with van der Waals surface area (Å²) in [5.74, 6) is -2.33. The summed E-state index contributed by atoms with van der Waals surface area (Å²) in [6, 6.07) is 9.85. The average molecular weight is 372 g/mol. The quantitative estimate of drug-likeness (QED) is 0.702. The molecule has 1 aromatic carbocycles. The number of nitrogens with one attached hydrogen (secondary N) is 2. The van der Waals surface area contributed by atoms with Crippen LogP contribution in [0.1, 0.15) is 10.4 Å². The predicted molar refractivity (Wildman–Crippen MR) is 85.6 cm³/mol. The molecule has 0 saturated carbocycles. The molecule has 0 aliphatic heterocycles. The fourth-order valence-corrected chi connectivity index (χ4v) is 2.67. The van der Waals surface area contributed by atoms with Gasteiger partial charge in [0.05, 0.1) is 13.1 Å². The van der Waals surface area contributed by atoms with Crippen molar-refractivity contribution < 1.29 is 27.9 Å². The highest BCUT2D eigenvalue weighted by atomic mass is 32.1. The Hall–Kier alpha value is -2.39. The molecule has 5 nitrogen and oxygen atoms in total. The molecular formula is C16H15F3N2O3S. The van der Waals surface area contributed by atoms with Gasteiger partial charge in [0.15, 0.2) is 0 Å². The van der Waals surface area contributed by atoms with Crippen molar-refractivity contribution in [2.45, 2.75) is 18.3 Å². The fourth-order valence-electron chi connectivity index (χ4n) is 2.03. The first kappa shape index (κ1) is 18.9. The van der Waals surface area contributed by atoms with Crippen molar-refractivity contribution in [3.63, 3.8) is 0 Å². The van der Waals surface area contributed by atoms with Gasteiger partial charge in [-0.15, -0.1) is 11.3 Å². The Labute approximate surface area is 145 Å². The van der Waals surface area contributed by atoms with Crippen molar-refractivity contribution in [3.8, 4) is 0 Å². The van der Waals surface area contributed by atoms with Crippen LogP contribution in [0.15, 0.2) is 47.8 Å². The van der Waals surface area contributed by atoms with Crippen LogP contribution in [0.5, 0.6) is 0 Å². The zero-order valence-electron chi connectivity index (χ0n) is 12.8. The minimum absolute atomic E-state index is 0.0894. The van der Waals surface area contributed by atoms with E-state index < -0.39 is 35.7 Å². The van der Waals surface area contributed by atoms with Crippen LogP contribution < -0.4 is 10.6 Å². The maximum absolute atomic E-state index is 13.3. The summed E-state index contributed by atoms with van der Waals surface area (Å²) >= 11 is 1.36. The standard InChI is InChI=1S/C16H15F3N2O3S/c17-16(18,19)15(24,11-5-2-1-3-6-11)10-21-14(23)13(22)20-9-12-7-4-8-25-12/h1-8,24H,9-10H2,(H,20,22)(H,21,23)/t15-/m0/s1. The molecule has 1 aromatic heterocycles. The molecular weight excluding hydrogens is 357 g/mol. The number of thiophene rings is 1. The summed E-state index contributed by atoms with van der Waals surface area (Å²) in [4.78, 5) is 24.2. The molecule has 0 radical (unpaired) electrons. The summed E-state index contributed by atoms with van der Waals surface area (Å²) in [5, 5.41) is 16.0. The molecule has 0 saturated heterocycles. The number of amides is 2. The lowest BCUT2D eigenvalue weighted by atomic mass is 9.93. The third-order valence-electron chi connectivity index (χ3n) is 3.43. The van der Waals surface area contributed by atoms with Gasteiger partial charge >= 0.3 is 18.0 Å². The lowest BCUT2D eigenvalue weighted by Gasteiger charge is -2.31. The lowest BCUT2D eigenvalue weighted by Crippen LogP contribution is -2.53. The molecule has 1 heterocycles. The molecule has 2 rings (SSSR count). The normalized spacial score (nSPS) is 13.8. The highest BCUT2D eigenvalue weighted by Crippen LogP contribution is 2.38. The van der Waals surface area contributed by atoms with Crippen molar-refractivity contribution in [1.29, 1.82) is 0 Å². The maximum Gasteiger partial charge on any atom is 0.423 e. The summed E-state index contributed by atoms with van der Waals surface area (Å²) in [6.07, 6.45) is -5.03. The molecule has 0 aliphatic carbocycles. The molecule has 0 spiro atoms. The Bertz CT molecular complexity index is 720. The Balaban J connectivity index is 2.00. The number of aliphatic hydroxyl groups is 1. The zero-order valence-corrected chi connectivity index (χ0v) is 13.7. The van der Waals surface area contributed by atoms with Gasteiger partial charge in [-0.2, -0.15) is 13.2 Å². The molecule has 9 heteroatoms. The Morgan fingerprint density at radius 3 is 2.20 bits per heavy atom. The molecule has 134 valence electrons. The summed E-state index contributed by atoms with van der Waals surface area (Å²) < 4.78 is 39.8. The van der Waals surface area contributed by atoms with Crippen LogP contribution in [0.4, 0.5) is 13.2 Å². The molecule has 1 atom stereocenters. The van der Waals surface area contributed by atoms with E-state index >= 15 is 0 Å². The van der Waals surface area contributed by atoms with Crippen LogP contribution in [0, 0.1) is 0 Å². The highest BCUT2D eigenvalue weighted by molar-refractivity contribution is 7.09. The number of hydrogen-bond donors (Lipinski definition) is 3. The SMILES string of the molecule is O=C(NCc1cccs1)C(=O)NC[C@](O)(c1ccccc1)C(F)(F)F. The monoisotopic (exact) mass is 372 g/mol. The summed E-state index contributed by atoms with van der Waals surface area (Å²) in [7, 11) is 0. The minimum atomic E-state index is -5.03. The van der Waals surface area contributed by atoms with E-state index in [0.29, 0.717) is 0 Å². The second-order valence-electron chi connectivity index (χ2n) is 5.17. The van der Waals surface area contributed by atoms with Gasteiger partial charge in [-0.05, 0) is 17.0 Å². The Kier molecular flexibility index (Phi) is 5.81. The van der Waals surface area contributed by atoms with Crippen molar-refractivity contribution in [1.82, 2.24) is 10.6 Å². The zero-order chi connectivity index (χ0) is 18.5. The molecule has 2 amide bonds. The Morgan fingerprint density at radius 2 is 1.64 bits per heavy atom. The number of alkyl halides is 3. The Morgan fingerprint density at radius 1 is 1.00 bits per heavy atom. The van der Waals surface area contributed by atoms with E-state index in [1.165, 1.54) is 29.5 Å². The largest absolute Gasteiger partial charge is 0.423 e. The predicted octanol–water partition coefficient (Wildman–Crippen LogP) is 1.93. The van der Waals surface area contributed by atoms with Crippen molar-refractivity contribution >= 4 is 23.2 Å². The molecule has 0 unspecified atom stereocenters. The van der Waals surface area contributed by atoms with E-state index in [0.717, 1.165) is 17.0 Å². The van der Waals surface area contributed by atoms with E-state index in [2.05, 4.69) is 5.32 Å². The number of carbonyl (C=O) groups excluding carboxylic acids is 2. The second kappa shape index (κ2) is 7.66. The number of benzene rings is 1. The number of halogens is 3. The highest BCUT2D eigenvalue weighted by Gasteiger charge is 2.55. The molecule has 0 bridgehead atoms. The van der Waals surface area contributed by atoms with Gasteiger partial charge < -0.3 is 15.7 Å². The van der Waals surface area contributed by atoms with E-state index in [-0.39, 0.29) is 6.54 Å². The first-order valence-electron chi connectivity index (χ1n) is 7.17. The van der Waals surface area contributed by atoms with Crippen LogP contribution in [-0.4, -0.2) is 29.6 Å². The van der Waals surface area contributed by atoms with E-state index in [9.17, 15) is 27.9 Å². The third-order valence-corrected chi connectivity index (χ3v) is 4.31. The first-order valence-corrected chi connectivity index (χ1v) is 8.05. The van der Waals surface area contributed by atoms with Gasteiger partial charge in [-0.1, -0.05) is 36.4 Å². The van der Waals surface area contributed by atoms with Gasteiger partial charge in [-0.25, -0.2) is 0 Å². The number of rotatable bonds is 5. The van der Waals surface area contributed by atoms with Crippen LogP contribution in [0.2, 0.25) is 0 Å². The van der Waals surface area contributed by atoms with E-state index in [1.807, 2.05) is 5.32 Å². The van der Waals surface area contributed by atoms with Gasteiger partial charge in [0.2, 0.25) is 5.60 Å². The minimum Gasteiger partial charge on any atom is -0.375 e. The molecule has 0 fully saturated rings. The molecule has 25 heavy (non-hydrogen) atoms. The van der Waals surface area contributed by atoms with E-state index in [1.54, 1.807) is 17.5 Å². The molecule has 3 N–H and O–H groups in total. The maximum atomic E-state index is 13.3. The van der Waals surface area contributed by atoms with Crippen LogP contribution in [0.3, 0.4) is 0 Å². The smallest absolute Gasteiger partial charge is 0.375 e. The summed E-state index contributed by atoms with van der Waals surface area (Å²) in [6.45, 7) is -1.09. The summed E-state index contributed by atoms with van der Waals surface area (Å²) in [5.41, 5.74) is -3.72. The van der Waals surface area contributed by atoms with Crippen LogP contribution >= 0.6 is 11.3 Å². The first-order chi connectivity index (χ1) is 11.7. The van der Waals surface area contributed by atoms with E-state index in [4.69, 9.17) is 0 Å². The van der Waals surface area contributed by atoms with Crippen LogP contribution in [0.25, 0.3) is 0 Å². The third kappa shape index (κ3) is 4.58. The van der Waals surface area contributed by atoms with Gasteiger partial charge in [0, 0.05) is 4.88 Å². The molecule has 2 aromatic rings. The van der Waals surface area contributed by atoms with Gasteiger partial charge in [-0.3, -0.25) is 9.59 Å². The van der Waals surface area contributed by atoms with Crippen molar-refractivity contribution in [3.05, 3.63) is 58.3 Å². The van der Waals surface area contributed by atoms with Crippen molar-refractivity contribution in [2.24, 2.45) is 0 Å². The fraction of sp³-hybridized carbons (Fsp3) is 0.250. The van der Waals surface area contributed by atoms with Gasteiger partial charge in [0.1, 0.15) is 0 Å². The van der Waals surface area contributed by atoms with Crippen molar-refractivity contribution in [2.75, 3.05) is 6.54 Å². The number of hydrogen-bond acceptors (Lipinski definition) is 4. The molecule has 0 aliphatic rings. The van der Waals surface area contributed by atoms with Crippen LogP contribution in [-0.2, 0) is 21.7 Å².